The van der Waals surface area contributed by atoms with Gasteiger partial charge < -0.3 is 10.5 Å². The lowest BCUT2D eigenvalue weighted by Gasteiger charge is -2.37. The Morgan fingerprint density at radius 2 is 1.88 bits per heavy atom. The highest BCUT2D eigenvalue weighted by Crippen LogP contribution is 2.33. The molecular formula is C14H25NO. The highest BCUT2D eigenvalue weighted by Gasteiger charge is 2.37. The summed E-state index contributed by atoms with van der Waals surface area (Å²) in [5, 5.41) is 0. The molecule has 2 N–H and O–H groups in total. The van der Waals surface area contributed by atoms with Crippen molar-refractivity contribution in [3.05, 3.63) is 0 Å². The summed E-state index contributed by atoms with van der Waals surface area (Å²) in [5.41, 5.74) is 6.20. The van der Waals surface area contributed by atoms with Crippen molar-refractivity contribution in [1.82, 2.24) is 0 Å². The van der Waals surface area contributed by atoms with Gasteiger partial charge in [-0.3, -0.25) is 0 Å². The second kappa shape index (κ2) is 6.93. The van der Waals surface area contributed by atoms with Gasteiger partial charge in [-0.1, -0.05) is 25.7 Å². The number of rotatable bonds is 4. The van der Waals surface area contributed by atoms with Crippen LogP contribution in [0.4, 0.5) is 0 Å². The van der Waals surface area contributed by atoms with E-state index in [0.717, 1.165) is 25.9 Å². The van der Waals surface area contributed by atoms with E-state index in [2.05, 4.69) is 18.8 Å². The minimum atomic E-state index is -0.102. The van der Waals surface area contributed by atoms with Gasteiger partial charge in [0, 0.05) is 19.1 Å². The molecule has 92 valence electrons. The number of hydrogen-bond donors (Lipinski definition) is 1. The van der Waals surface area contributed by atoms with Crippen LogP contribution in [-0.4, -0.2) is 18.2 Å². The lowest BCUT2D eigenvalue weighted by Crippen LogP contribution is -2.49. The van der Waals surface area contributed by atoms with Gasteiger partial charge in [0.2, 0.25) is 0 Å². The van der Waals surface area contributed by atoms with Crippen molar-refractivity contribution < 1.29 is 4.74 Å². The lowest BCUT2D eigenvalue weighted by molar-refractivity contribution is -0.0674. The normalized spacial score (nSPS) is 21.7. The van der Waals surface area contributed by atoms with Crippen LogP contribution in [0.2, 0.25) is 0 Å². The van der Waals surface area contributed by atoms with Gasteiger partial charge in [-0.15, -0.1) is 11.8 Å². The van der Waals surface area contributed by atoms with Crippen LogP contribution in [-0.2, 0) is 4.74 Å². The zero-order valence-electron chi connectivity index (χ0n) is 10.7. The van der Waals surface area contributed by atoms with Crippen LogP contribution < -0.4 is 5.73 Å². The molecule has 1 saturated carbocycles. The lowest BCUT2D eigenvalue weighted by atomic mass is 9.85. The van der Waals surface area contributed by atoms with E-state index in [0.29, 0.717) is 0 Å². The molecule has 0 bridgehead atoms. The Kier molecular flexibility index (Phi) is 5.87. The average Bonchev–Trinajstić information content (AvgIpc) is 2.53. The van der Waals surface area contributed by atoms with E-state index >= 15 is 0 Å². The molecular weight excluding hydrogens is 198 g/mol. The van der Waals surface area contributed by atoms with E-state index in [-0.39, 0.29) is 11.6 Å². The highest BCUT2D eigenvalue weighted by atomic mass is 16.5. The molecule has 1 aliphatic rings. The van der Waals surface area contributed by atoms with E-state index in [4.69, 9.17) is 10.5 Å². The third-order valence-electron chi connectivity index (χ3n) is 3.56. The van der Waals surface area contributed by atoms with Gasteiger partial charge in [-0.2, -0.15) is 0 Å². The van der Waals surface area contributed by atoms with Crippen LogP contribution >= 0.6 is 0 Å². The summed E-state index contributed by atoms with van der Waals surface area (Å²) >= 11 is 0. The van der Waals surface area contributed by atoms with Gasteiger partial charge in [0.25, 0.3) is 0 Å². The summed E-state index contributed by atoms with van der Waals surface area (Å²) in [4.78, 5) is 0. The molecule has 0 amide bonds. The molecule has 2 nitrogen and oxygen atoms in total. The van der Waals surface area contributed by atoms with Gasteiger partial charge in [-0.25, -0.2) is 0 Å². The molecule has 1 unspecified atom stereocenters. The summed E-state index contributed by atoms with van der Waals surface area (Å²) in [6.07, 6.45) is 8.10. The van der Waals surface area contributed by atoms with Crippen molar-refractivity contribution in [1.29, 1.82) is 0 Å². The maximum atomic E-state index is 6.30. The van der Waals surface area contributed by atoms with E-state index in [1.165, 1.54) is 25.7 Å². The van der Waals surface area contributed by atoms with E-state index in [1.54, 1.807) is 0 Å². The SMILES string of the molecule is CC#CCC(N)C1(OCC)CCCCCC1. The zero-order chi connectivity index (χ0) is 11.9. The second-order valence-corrected chi connectivity index (χ2v) is 4.65. The average molecular weight is 223 g/mol. The third-order valence-corrected chi connectivity index (χ3v) is 3.56. The Morgan fingerprint density at radius 3 is 2.38 bits per heavy atom. The van der Waals surface area contributed by atoms with E-state index < -0.39 is 0 Å². The van der Waals surface area contributed by atoms with Gasteiger partial charge >= 0.3 is 0 Å². The Balaban J connectivity index is 2.70. The van der Waals surface area contributed by atoms with Crippen LogP contribution in [0, 0.1) is 11.8 Å². The van der Waals surface area contributed by atoms with Crippen molar-refractivity contribution in [2.75, 3.05) is 6.61 Å². The van der Waals surface area contributed by atoms with Crippen LogP contribution in [0.3, 0.4) is 0 Å². The summed E-state index contributed by atoms with van der Waals surface area (Å²) in [7, 11) is 0. The smallest absolute Gasteiger partial charge is 0.0841 e. The van der Waals surface area contributed by atoms with Crippen molar-refractivity contribution in [2.45, 2.75) is 70.4 Å². The van der Waals surface area contributed by atoms with Gasteiger partial charge in [0.15, 0.2) is 0 Å². The van der Waals surface area contributed by atoms with Crippen LogP contribution in [0.1, 0.15) is 58.8 Å². The molecule has 0 aliphatic heterocycles. The largest absolute Gasteiger partial charge is 0.374 e. The number of hydrogen-bond acceptors (Lipinski definition) is 2. The Morgan fingerprint density at radius 1 is 1.25 bits per heavy atom. The minimum Gasteiger partial charge on any atom is -0.374 e. The van der Waals surface area contributed by atoms with Crippen LogP contribution in [0.25, 0.3) is 0 Å². The molecule has 2 heteroatoms. The topological polar surface area (TPSA) is 35.2 Å². The monoisotopic (exact) mass is 223 g/mol. The van der Waals surface area contributed by atoms with Crippen molar-refractivity contribution in [3.63, 3.8) is 0 Å². The summed E-state index contributed by atoms with van der Waals surface area (Å²) in [6, 6.07) is 0.0676. The molecule has 1 rings (SSSR count). The first-order chi connectivity index (χ1) is 7.75. The van der Waals surface area contributed by atoms with Crippen molar-refractivity contribution in [2.24, 2.45) is 5.73 Å². The predicted molar refractivity (Wildman–Crippen MR) is 68.1 cm³/mol. The molecule has 0 aromatic rings. The Bertz CT molecular complexity index is 243. The molecule has 0 saturated heterocycles. The van der Waals surface area contributed by atoms with Gasteiger partial charge in [0.05, 0.1) is 5.60 Å². The fraction of sp³-hybridized carbons (Fsp3) is 0.857. The number of ether oxygens (including phenoxy) is 1. The first-order valence-corrected chi connectivity index (χ1v) is 6.54. The Labute approximate surface area is 99.9 Å². The molecule has 0 aromatic carbocycles. The summed E-state index contributed by atoms with van der Waals surface area (Å²) in [6.45, 7) is 4.69. The number of nitrogens with two attached hydrogens (primary N) is 1. The fourth-order valence-electron chi connectivity index (χ4n) is 2.63. The fourth-order valence-corrected chi connectivity index (χ4v) is 2.63. The first kappa shape index (κ1) is 13.5. The quantitative estimate of drug-likeness (QED) is 0.587. The molecule has 0 heterocycles. The van der Waals surface area contributed by atoms with E-state index in [1.807, 2.05) is 6.92 Å². The van der Waals surface area contributed by atoms with E-state index in [9.17, 15) is 0 Å². The third kappa shape index (κ3) is 3.50. The molecule has 16 heavy (non-hydrogen) atoms. The van der Waals surface area contributed by atoms with Gasteiger partial charge in [-0.05, 0) is 26.7 Å². The van der Waals surface area contributed by atoms with Crippen molar-refractivity contribution in [3.8, 4) is 11.8 Å². The maximum absolute atomic E-state index is 6.30. The second-order valence-electron chi connectivity index (χ2n) is 4.65. The molecule has 0 aromatic heterocycles. The molecule has 1 aliphatic carbocycles. The molecule has 1 fully saturated rings. The zero-order valence-corrected chi connectivity index (χ0v) is 10.7. The highest BCUT2D eigenvalue weighted by molar-refractivity contribution is 5.03. The minimum absolute atomic E-state index is 0.0676. The molecule has 0 radical (unpaired) electrons. The molecule has 0 spiro atoms. The van der Waals surface area contributed by atoms with Crippen LogP contribution in [0.15, 0.2) is 0 Å². The summed E-state index contributed by atoms with van der Waals surface area (Å²) in [5.74, 6) is 6.02. The molecule has 1 atom stereocenters. The van der Waals surface area contributed by atoms with Crippen molar-refractivity contribution >= 4 is 0 Å². The summed E-state index contributed by atoms with van der Waals surface area (Å²) < 4.78 is 6.02. The van der Waals surface area contributed by atoms with Crippen LogP contribution in [0.5, 0.6) is 0 Å². The predicted octanol–water partition coefficient (Wildman–Crippen LogP) is 2.86. The first-order valence-electron chi connectivity index (χ1n) is 6.54. The standard InChI is InChI=1S/C14H25NO/c1-3-5-10-13(15)14(16-4-2)11-8-6-7-9-12-14/h13H,4,6-12,15H2,1-2H3. The Hall–Kier alpha value is -0.520. The van der Waals surface area contributed by atoms with Gasteiger partial charge in [0.1, 0.15) is 0 Å². The maximum Gasteiger partial charge on any atom is 0.0841 e.